The van der Waals surface area contributed by atoms with E-state index in [-0.39, 0.29) is 42.8 Å². The van der Waals surface area contributed by atoms with Crippen molar-refractivity contribution in [2.45, 2.75) is 57.0 Å². The maximum atomic E-state index is 12.9. The zero-order chi connectivity index (χ0) is 17.3. The highest BCUT2D eigenvalue weighted by Crippen LogP contribution is 2.39. The van der Waals surface area contributed by atoms with Crippen molar-refractivity contribution in [1.82, 2.24) is 20.4 Å². The summed E-state index contributed by atoms with van der Waals surface area (Å²) < 4.78 is 0. The standard InChI is InChI=1S/C17H28N4O3.ClH/c1-12-10-18-9-6-13(12)19-14(22)11-21-15(23)17(20(2)16(21)24)7-4-3-5-8-17;/h12-13,18H,3-11H2,1-2H3,(H,19,22);1H. The van der Waals surface area contributed by atoms with Crippen LogP contribution < -0.4 is 10.6 Å². The summed E-state index contributed by atoms with van der Waals surface area (Å²) in [7, 11) is 1.69. The molecule has 3 aliphatic rings. The van der Waals surface area contributed by atoms with Crippen molar-refractivity contribution in [3.63, 3.8) is 0 Å². The van der Waals surface area contributed by atoms with E-state index in [0.717, 1.165) is 43.7 Å². The molecule has 2 unspecified atom stereocenters. The van der Waals surface area contributed by atoms with Gasteiger partial charge in [-0.15, -0.1) is 12.4 Å². The van der Waals surface area contributed by atoms with Gasteiger partial charge in [-0.3, -0.25) is 14.5 Å². The quantitative estimate of drug-likeness (QED) is 0.727. The topological polar surface area (TPSA) is 81.8 Å². The molecule has 3 fully saturated rings. The minimum atomic E-state index is -0.711. The Morgan fingerprint density at radius 1 is 1.28 bits per heavy atom. The molecule has 1 spiro atoms. The van der Waals surface area contributed by atoms with E-state index >= 15 is 0 Å². The van der Waals surface area contributed by atoms with Gasteiger partial charge in [-0.25, -0.2) is 4.79 Å². The van der Waals surface area contributed by atoms with Gasteiger partial charge in [-0.1, -0.05) is 26.2 Å². The van der Waals surface area contributed by atoms with E-state index in [1.807, 2.05) is 0 Å². The Morgan fingerprint density at radius 3 is 2.60 bits per heavy atom. The Bertz CT molecular complexity index is 536. The lowest BCUT2D eigenvalue weighted by Crippen LogP contribution is -2.52. The number of carbonyl (C=O) groups is 3. The first-order chi connectivity index (χ1) is 11.5. The molecule has 0 radical (unpaired) electrons. The predicted molar refractivity (Wildman–Crippen MR) is 96.5 cm³/mol. The first-order valence-corrected chi connectivity index (χ1v) is 9.05. The Morgan fingerprint density at radius 2 is 1.96 bits per heavy atom. The second kappa shape index (κ2) is 7.91. The molecule has 1 saturated carbocycles. The fourth-order valence-corrected chi connectivity index (χ4v) is 4.30. The first kappa shape index (κ1) is 20.0. The predicted octanol–water partition coefficient (Wildman–Crippen LogP) is 1.12. The van der Waals surface area contributed by atoms with Crippen LogP contribution in [0, 0.1) is 5.92 Å². The SMILES string of the molecule is CC1CNCCC1NC(=O)CN1C(=O)N(C)C2(CCCCC2)C1=O.Cl. The molecule has 0 aromatic heterocycles. The zero-order valence-electron chi connectivity index (χ0n) is 15.0. The largest absolute Gasteiger partial charge is 0.351 e. The number of nitrogens with one attached hydrogen (secondary N) is 2. The van der Waals surface area contributed by atoms with Gasteiger partial charge in [0.2, 0.25) is 5.91 Å². The summed E-state index contributed by atoms with van der Waals surface area (Å²) in [6, 6.07) is -0.233. The van der Waals surface area contributed by atoms with Gasteiger partial charge in [-0.05, 0) is 38.3 Å². The maximum absolute atomic E-state index is 12.9. The lowest BCUT2D eigenvalue weighted by atomic mass is 9.81. The molecule has 0 aromatic rings. The van der Waals surface area contributed by atoms with Crippen LogP contribution in [0.5, 0.6) is 0 Å². The van der Waals surface area contributed by atoms with Crippen LogP contribution >= 0.6 is 12.4 Å². The smallest absolute Gasteiger partial charge is 0.327 e. The van der Waals surface area contributed by atoms with Gasteiger partial charge in [0, 0.05) is 13.1 Å². The van der Waals surface area contributed by atoms with Crippen LogP contribution in [0.1, 0.15) is 45.4 Å². The second-order valence-electron chi connectivity index (χ2n) is 7.47. The van der Waals surface area contributed by atoms with E-state index < -0.39 is 5.54 Å². The second-order valence-corrected chi connectivity index (χ2v) is 7.47. The summed E-state index contributed by atoms with van der Waals surface area (Å²) in [5, 5.41) is 6.29. The normalized spacial score (nSPS) is 28.9. The number of piperidine rings is 1. The molecule has 8 heteroatoms. The number of imide groups is 1. The summed E-state index contributed by atoms with van der Waals surface area (Å²) in [4.78, 5) is 40.5. The van der Waals surface area contributed by atoms with Crippen LogP contribution in [0.15, 0.2) is 0 Å². The monoisotopic (exact) mass is 372 g/mol. The molecular weight excluding hydrogens is 344 g/mol. The van der Waals surface area contributed by atoms with Crippen LogP contribution in [0.3, 0.4) is 0 Å². The van der Waals surface area contributed by atoms with Crippen molar-refractivity contribution < 1.29 is 14.4 Å². The Balaban J connectivity index is 0.00000225. The van der Waals surface area contributed by atoms with Crippen molar-refractivity contribution in [2.24, 2.45) is 5.92 Å². The third-order valence-electron chi connectivity index (χ3n) is 5.92. The number of nitrogens with zero attached hydrogens (tertiary/aromatic N) is 2. The van der Waals surface area contributed by atoms with Crippen LogP contribution in [-0.4, -0.2) is 65.9 Å². The van der Waals surface area contributed by atoms with Crippen molar-refractivity contribution >= 4 is 30.3 Å². The van der Waals surface area contributed by atoms with Gasteiger partial charge >= 0.3 is 6.03 Å². The minimum absolute atomic E-state index is 0. The van der Waals surface area contributed by atoms with Crippen molar-refractivity contribution in [2.75, 3.05) is 26.7 Å². The molecule has 3 rings (SSSR count). The fraction of sp³-hybridized carbons (Fsp3) is 0.824. The maximum Gasteiger partial charge on any atom is 0.327 e. The molecule has 2 saturated heterocycles. The van der Waals surface area contributed by atoms with Gasteiger partial charge in [-0.2, -0.15) is 0 Å². The number of amides is 4. The van der Waals surface area contributed by atoms with Gasteiger partial charge < -0.3 is 15.5 Å². The van der Waals surface area contributed by atoms with E-state index in [4.69, 9.17) is 0 Å². The molecule has 142 valence electrons. The molecule has 2 aliphatic heterocycles. The van der Waals surface area contributed by atoms with Gasteiger partial charge in [0.15, 0.2) is 0 Å². The van der Waals surface area contributed by atoms with Crippen LogP contribution in [0.2, 0.25) is 0 Å². The molecule has 2 atom stereocenters. The lowest BCUT2D eigenvalue weighted by molar-refractivity contribution is -0.137. The summed E-state index contributed by atoms with van der Waals surface area (Å²) in [6.07, 6.45) is 5.30. The van der Waals surface area contributed by atoms with Crippen molar-refractivity contribution in [3.05, 3.63) is 0 Å². The van der Waals surface area contributed by atoms with Crippen molar-refractivity contribution in [3.8, 4) is 0 Å². The third kappa shape index (κ3) is 3.62. The highest BCUT2D eigenvalue weighted by Gasteiger charge is 2.55. The average Bonchev–Trinajstić information content (AvgIpc) is 2.74. The Kier molecular flexibility index (Phi) is 6.32. The number of hydrogen-bond acceptors (Lipinski definition) is 4. The highest BCUT2D eigenvalue weighted by molar-refractivity contribution is 6.08. The molecule has 7 nitrogen and oxygen atoms in total. The average molecular weight is 373 g/mol. The van der Waals surface area contributed by atoms with Gasteiger partial charge in [0.05, 0.1) is 0 Å². The minimum Gasteiger partial charge on any atom is -0.351 e. The van der Waals surface area contributed by atoms with Crippen LogP contribution in [0.4, 0.5) is 4.79 Å². The fourth-order valence-electron chi connectivity index (χ4n) is 4.30. The molecule has 2 N–H and O–H groups in total. The van der Waals surface area contributed by atoms with E-state index in [1.165, 1.54) is 0 Å². The highest BCUT2D eigenvalue weighted by atomic mass is 35.5. The van der Waals surface area contributed by atoms with Crippen molar-refractivity contribution in [1.29, 1.82) is 0 Å². The third-order valence-corrected chi connectivity index (χ3v) is 5.92. The number of likely N-dealkylation sites (N-methyl/N-ethyl adjacent to an activating group) is 1. The summed E-state index contributed by atoms with van der Waals surface area (Å²) in [6.45, 7) is 3.68. The molecule has 4 amide bonds. The van der Waals surface area contributed by atoms with E-state index in [2.05, 4.69) is 17.6 Å². The van der Waals surface area contributed by atoms with Crippen LogP contribution in [-0.2, 0) is 9.59 Å². The number of halogens is 1. The number of rotatable bonds is 3. The number of urea groups is 1. The van der Waals surface area contributed by atoms with E-state index in [0.29, 0.717) is 18.8 Å². The molecule has 0 bridgehead atoms. The number of carbonyl (C=O) groups excluding carboxylic acids is 3. The van der Waals surface area contributed by atoms with Gasteiger partial charge in [0.1, 0.15) is 12.1 Å². The molecule has 2 heterocycles. The van der Waals surface area contributed by atoms with Crippen LogP contribution in [0.25, 0.3) is 0 Å². The zero-order valence-corrected chi connectivity index (χ0v) is 15.9. The Hall–Kier alpha value is -1.34. The molecule has 25 heavy (non-hydrogen) atoms. The summed E-state index contributed by atoms with van der Waals surface area (Å²) in [5.74, 6) is -0.0834. The van der Waals surface area contributed by atoms with E-state index in [9.17, 15) is 14.4 Å². The molecular formula is C17H29ClN4O3. The number of hydrogen-bond donors (Lipinski definition) is 2. The molecule has 1 aliphatic carbocycles. The van der Waals surface area contributed by atoms with Gasteiger partial charge in [0.25, 0.3) is 5.91 Å². The molecule has 0 aromatic carbocycles. The van der Waals surface area contributed by atoms with E-state index in [1.54, 1.807) is 11.9 Å². The lowest BCUT2D eigenvalue weighted by Gasteiger charge is -2.35. The Labute approximate surface area is 155 Å². The summed E-state index contributed by atoms with van der Waals surface area (Å²) in [5.41, 5.74) is -0.711. The first-order valence-electron chi connectivity index (χ1n) is 9.05. The summed E-state index contributed by atoms with van der Waals surface area (Å²) >= 11 is 0.